The van der Waals surface area contributed by atoms with Crippen LogP contribution in [0.5, 0.6) is 0 Å². The van der Waals surface area contributed by atoms with Gasteiger partial charge in [0, 0.05) is 50.6 Å². The highest BCUT2D eigenvalue weighted by Crippen LogP contribution is 2.29. The molecule has 1 aromatic heterocycles. The van der Waals surface area contributed by atoms with E-state index in [9.17, 15) is 13.2 Å². The maximum Gasteiger partial charge on any atom is 0.434 e. The largest absolute Gasteiger partial charge is 0.434 e. The fourth-order valence-corrected chi connectivity index (χ4v) is 3.63. The Morgan fingerprint density at radius 1 is 1.50 bits per heavy atom. The lowest BCUT2D eigenvalue weighted by Gasteiger charge is -2.38. The van der Waals surface area contributed by atoms with Crippen LogP contribution in [0.25, 0.3) is 0 Å². The molecule has 6 nitrogen and oxygen atoms in total. The molecule has 10 heteroatoms. The maximum atomic E-state index is 12.6. The molecule has 0 spiro atoms. The average molecular weight is 393 g/mol. The summed E-state index contributed by atoms with van der Waals surface area (Å²) in [5.74, 6) is 0.630. The molecule has 0 aliphatic carbocycles. The summed E-state index contributed by atoms with van der Waals surface area (Å²) in [6.07, 6.45) is -3.97. The van der Waals surface area contributed by atoms with E-state index in [1.165, 1.54) is 0 Å². The molecule has 2 atom stereocenters. The number of nitrogens with one attached hydrogen (secondary N) is 2. The molecule has 1 aliphatic rings. The highest BCUT2D eigenvalue weighted by atomic mass is 32.1. The van der Waals surface area contributed by atoms with Crippen LogP contribution >= 0.6 is 11.3 Å². The van der Waals surface area contributed by atoms with E-state index >= 15 is 0 Å². The number of aromatic nitrogens is 1. The van der Waals surface area contributed by atoms with Crippen molar-refractivity contribution in [2.45, 2.75) is 38.5 Å². The number of ether oxygens (including phenoxy) is 1. The van der Waals surface area contributed by atoms with Gasteiger partial charge < -0.3 is 15.4 Å². The second-order valence-corrected chi connectivity index (χ2v) is 7.21. The van der Waals surface area contributed by atoms with Gasteiger partial charge in [0.1, 0.15) is 0 Å². The first kappa shape index (κ1) is 20.9. The lowest BCUT2D eigenvalue weighted by Crippen LogP contribution is -2.53. The van der Waals surface area contributed by atoms with Gasteiger partial charge in [0.25, 0.3) is 0 Å². The van der Waals surface area contributed by atoms with E-state index in [0.29, 0.717) is 36.0 Å². The highest BCUT2D eigenvalue weighted by molar-refractivity contribution is 7.09. The summed E-state index contributed by atoms with van der Waals surface area (Å²) >= 11 is 1.02. The molecular weight excluding hydrogens is 367 g/mol. The van der Waals surface area contributed by atoms with Crippen molar-refractivity contribution in [3.8, 4) is 0 Å². The Morgan fingerprint density at radius 2 is 2.27 bits per heavy atom. The summed E-state index contributed by atoms with van der Waals surface area (Å²) in [4.78, 5) is 10.2. The van der Waals surface area contributed by atoms with Gasteiger partial charge in [-0.2, -0.15) is 13.2 Å². The van der Waals surface area contributed by atoms with Gasteiger partial charge >= 0.3 is 6.18 Å². The third-order valence-electron chi connectivity index (χ3n) is 4.25. The van der Waals surface area contributed by atoms with Gasteiger partial charge in [0.05, 0.1) is 18.2 Å². The number of alkyl halides is 3. The lowest BCUT2D eigenvalue weighted by molar-refractivity contribution is -0.140. The van der Waals surface area contributed by atoms with E-state index in [-0.39, 0.29) is 0 Å². The molecule has 1 saturated heterocycles. The Morgan fingerprint density at radius 3 is 2.88 bits per heavy atom. The van der Waals surface area contributed by atoms with Crippen LogP contribution in [0.15, 0.2) is 10.4 Å². The van der Waals surface area contributed by atoms with Crippen molar-refractivity contribution in [3.05, 3.63) is 16.1 Å². The first-order valence-corrected chi connectivity index (χ1v) is 9.48. The van der Waals surface area contributed by atoms with Gasteiger partial charge in [-0.1, -0.05) is 0 Å². The van der Waals surface area contributed by atoms with Crippen molar-refractivity contribution in [2.24, 2.45) is 4.99 Å². The van der Waals surface area contributed by atoms with Crippen LogP contribution in [0, 0.1) is 0 Å². The molecular formula is C16H26F3N5OS. The van der Waals surface area contributed by atoms with Gasteiger partial charge in [-0.15, -0.1) is 11.3 Å². The van der Waals surface area contributed by atoms with Crippen LogP contribution < -0.4 is 10.6 Å². The highest BCUT2D eigenvalue weighted by Gasteiger charge is 2.33. The maximum absolute atomic E-state index is 12.6. The Hall–Kier alpha value is -1.39. The van der Waals surface area contributed by atoms with E-state index in [2.05, 4.69) is 39.4 Å². The minimum absolute atomic E-state index is 0.320. The fourth-order valence-electron chi connectivity index (χ4n) is 2.82. The SMILES string of the molecule is CN=C(NCCc1nc(C(F)(F)F)cs1)NCC(C)N1CCOCC1C. The molecule has 2 rings (SSSR count). The molecule has 0 radical (unpaired) electrons. The monoisotopic (exact) mass is 393 g/mol. The van der Waals surface area contributed by atoms with Gasteiger partial charge in [-0.3, -0.25) is 9.89 Å². The molecule has 148 valence electrons. The standard InChI is InChI=1S/C16H26F3N5OS/c1-11(24-6-7-25-9-12(24)2)8-22-15(20-3)21-5-4-14-23-13(10-26-14)16(17,18)19/h10-12H,4-9H2,1-3H3,(H2,20,21,22). The van der Waals surface area contributed by atoms with E-state index in [4.69, 9.17) is 4.74 Å². The molecule has 2 N–H and O–H groups in total. The third-order valence-corrected chi connectivity index (χ3v) is 5.16. The first-order chi connectivity index (χ1) is 12.3. The number of thiazole rings is 1. The molecule has 26 heavy (non-hydrogen) atoms. The van der Waals surface area contributed by atoms with Crippen LogP contribution in [0.3, 0.4) is 0 Å². The average Bonchev–Trinajstić information content (AvgIpc) is 3.07. The molecule has 1 aromatic rings. The van der Waals surface area contributed by atoms with Crippen LogP contribution in [0.1, 0.15) is 24.5 Å². The second-order valence-electron chi connectivity index (χ2n) is 6.26. The van der Waals surface area contributed by atoms with Crippen molar-refractivity contribution in [1.82, 2.24) is 20.5 Å². The zero-order valence-electron chi connectivity index (χ0n) is 15.3. The molecule has 0 amide bonds. The molecule has 0 bridgehead atoms. The van der Waals surface area contributed by atoms with Crippen molar-refractivity contribution in [2.75, 3.05) is 39.9 Å². The number of guanidine groups is 1. The number of halogens is 3. The summed E-state index contributed by atoms with van der Waals surface area (Å²) in [5, 5.41) is 7.88. The molecule has 2 unspecified atom stereocenters. The zero-order chi connectivity index (χ0) is 19.2. The van der Waals surface area contributed by atoms with Crippen LogP contribution in [-0.2, 0) is 17.3 Å². The summed E-state index contributed by atoms with van der Waals surface area (Å²) in [6, 6.07) is 0.698. The van der Waals surface area contributed by atoms with Gasteiger partial charge in [0.2, 0.25) is 0 Å². The van der Waals surface area contributed by atoms with Crippen molar-refractivity contribution >= 4 is 17.3 Å². The molecule has 0 aromatic carbocycles. The molecule has 1 fully saturated rings. The number of aliphatic imine (C=N–C) groups is 1. The van der Waals surface area contributed by atoms with Crippen molar-refractivity contribution in [3.63, 3.8) is 0 Å². The van der Waals surface area contributed by atoms with Gasteiger partial charge in [-0.05, 0) is 13.8 Å². The zero-order valence-corrected chi connectivity index (χ0v) is 16.1. The number of hydrogen-bond acceptors (Lipinski definition) is 5. The Kier molecular flexibility index (Phi) is 7.66. The lowest BCUT2D eigenvalue weighted by atomic mass is 10.2. The van der Waals surface area contributed by atoms with Crippen LogP contribution in [-0.4, -0.2) is 67.8 Å². The summed E-state index contributed by atoms with van der Waals surface area (Å²) in [5.41, 5.74) is -0.825. The second kappa shape index (κ2) is 9.52. The number of hydrogen-bond donors (Lipinski definition) is 2. The first-order valence-electron chi connectivity index (χ1n) is 8.61. The Labute approximate surface area is 155 Å². The van der Waals surface area contributed by atoms with E-state index in [0.717, 1.165) is 43.0 Å². The Bertz CT molecular complexity index is 593. The summed E-state index contributed by atoms with van der Waals surface area (Å²) < 4.78 is 43.1. The van der Waals surface area contributed by atoms with E-state index in [1.54, 1.807) is 7.05 Å². The quantitative estimate of drug-likeness (QED) is 0.572. The van der Waals surface area contributed by atoms with Crippen LogP contribution in [0.2, 0.25) is 0 Å². The predicted octanol–water partition coefficient (Wildman–Crippen LogP) is 1.98. The topological polar surface area (TPSA) is 61.8 Å². The summed E-state index contributed by atoms with van der Waals surface area (Å²) in [6.45, 7) is 7.87. The van der Waals surface area contributed by atoms with E-state index in [1.807, 2.05) is 0 Å². The predicted molar refractivity (Wildman–Crippen MR) is 96.6 cm³/mol. The molecule has 2 heterocycles. The number of nitrogens with zero attached hydrogens (tertiary/aromatic N) is 3. The van der Waals surface area contributed by atoms with Gasteiger partial charge in [-0.25, -0.2) is 4.98 Å². The fraction of sp³-hybridized carbons (Fsp3) is 0.750. The van der Waals surface area contributed by atoms with E-state index < -0.39 is 11.9 Å². The Balaban J connectivity index is 1.73. The van der Waals surface area contributed by atoms with Crippen LogP contribution in [0.4, 0.5) is 13.2 Å². The van der Waals surface area contributed by atoms with Crippen molar-refractivity contribution < 1.29 is 17.9 Å². The number of morpholine rings is 1. The molecule has 1 aliphatic heterocycles. The summed E-state index contributed by atoms with van der Waals surface area (Å²) in [7, 11) is 1.67. The van der Waals surface area contributed by atoms with Gasteiger partial charge in [0.15, 0.2) is 11.7 Å². The third kappa shape index (κ3) is 6.10. The van der Waals surface area contributed by atoms with Crippen molar-refractivity contribution in [1.29, 1.82) is 0 Å². The minimum atomic E-state index is -4.38. The molecule has 0 saturated carbocycles. The minimum Gasteiger partial charge on any atom is -0.379 e. The smallest absolute Gasteiger partial charge is 0.379 e. The normalized spacial score (nSPS) is 20.8. The number of rotatable bonds is 6.